The van der Waals surface area contributed by atoms with E-state index >= 15 is 0 Å². The topological polar surface area (TPSA) is 13.1 Å². The molecule has 0 radical (unpaired) electrons. The van der Waals surface area contributed by atoms with Crippen LogP contribution in [0, 0.1) is 5.41 Å². The summed E-state index contributed by atoms with van der Waals surface area (Å²) < 4.78 is 8.69. The van der Waals surface area contributed by atoms with E-state index in [9.17, 15) is 0 Å². The van der Waals surface area contributed by atoms with E-state index in [-0.39, 0.29) is 11.5 Å². The Hall–Kier alpha value is -1.67. The lowest BCUT2D eigenvalue weighted by Gasteiger charge is -2.50. The van der Waals surface area contributed by atoms with E-state index in [1.807, 2.05) is 0 Å². The van der Waals surface area contributed by atoms with E-state index in [2.05, 4.69) is 74.0 Å². The molecule has 3 aliphatic rings. The van der Waals surface area contributed by atoms with Crippen molar-refractivity contribution in [3.8, 4) is 0 Å². The van der Waals surface area contributed by atoms with Gasteiger partial charge in [-0.2, -0.15) is 4.57 Å². The van der Waals surface area contributed by atoms with E-state index in [0.29, 0.717) is 12.0 Å². The number of hydrogen-bond acceptors (Lipinski definition) is 1. The molecule has 21 heavy (non-hydrogen) atoms. The van der Waals surface area contributed by atoms with Crippen LogP contribution in [0.4, 0.5) is 0 Å². The van der Waals surface area contributed by atoms with Crippen molar-refractivity contribution in [1.29, 1.82) is 0 Å². The quantitative estimate of drug-likeness (QED) is 0.768. The highest BCUT2D eigenvalue weighted by Crippen LogP contribution is 2.55. The minimum Gasteiger partial charge on any atom is -0.376 e. The zero-order chi connectivity index (χ0) is 14.6. The van der Waals surface area contributed by atoms with Crippen molar-refractivity contribution >= 4 is 0 Å². The molecule has 0 amide bonds. The van der Waals surface area contributed by atoms with Crippen molar-refractivity contribution in [3.05, 3.63) is 65.5 Å². The fraction of sp³-hybridized carbons (Fsp3) is 0.421. The van der Waals surface area contributed by atoms with Crippen LogP contribution in [0.1, 0.15) is 49.6 Å². The molecule has 0 N–H and O–H groups in total. The first-order valence-electron chi connectivity index (χ1n) is 7.86. The van der Waals surface area contributed by atoms with Gasteiger partial charge in [0.1, 0.15) is 0 Å². The van der Waals surface area contributed by atoms with E-state index in [1.54, 1.807) is 0 Å². The fourth-order valence-electron chi connectivity index (χ4n) is 4.47. The largest absolute Gasteiger partial charge is 0.376 e. The van der Waals surface area contributed by atoms with E-state index in [1.165, 1.54) is 16.8 Å². The van der Waals surface area contributed by atoms with Crippen LogP contribution in [0.2, 0.25) is 0 Å². The van der Waals surface area contributed by atoms with Crippen molar-refractivity contribution in [2.24, 2.45) is 5.41 Å². The number of aromatic nitrogens is 1. The molecule has 0 fully saturated rings. The van der Waals surface area contributed by atoms with Crippen molar-refractivity contribution in [2.45, 2.75) is 38.8 Å². The Bertz CT molecular complexity index is 644. The average molecular weight is 280 g/mol. The zero-order valence-electron chi connectivity index (χ0n) is 12.9. The minimum absolute atomic E-state index is 0.0913. The standard InChI is InChI=1S/C19H22NO/c1-4-21-18-16-13-9-5-6-10-14(13)17(19(18,2)3)20-12-8-7-11-15(16)20/h5-12,16-18H,4H2,1-3H3/q+1. The Morgan fingerprint density at radius 1 is 1.05 bits per heavy atom. The Labute approximate surface area is 126 Å². The van der Waals surface area contributed by atoms with Crippen molar-refractivity contribution < 1.29 is 9.30 Å². The third-order valence-electron chi connectivity index (χ3n) is 5.23. The molecule has 2 bridgehead atoms. The molecule has 3 heterocycles. The van der Waals surface area contributed by atoms with Crippen LogP contribution in [0.5, 0.6) is 0 Å². The van der Waals surface area contributed by atoms with Crippen LogP contribution in [0.3, 0.4) is 0 Å². The second-order valence-corrected chi connectivity index (χ2v) is 6.74. The molecular formula is C19H22NO+. The van der Waals surface area contributed by atoms with Crippen molar-refractivity contribution in [2.75, 3.05) is 6.61 Å². The van der Waals surface area contributed by atoms with Crippen LogP contribution < -0.4 is 4.57 Å². The number of hydrogen-bond donors (Lipinski definition) is 0. The van der Waals surface area contributed by atoms with Crippen LogP contribution in [-0.4, -0.2) is 12.7 Å². The summed E-state index contributed by atoms with van der Waals surface area (Å²) in [6.07, 6.45) is 2.47. The lowest BCUT2D eigenvalue weighted by molar-refractivity contribution is -0.747. The summed E-state index contributed by atoms with van der Waals surface area (Å²) in [5, 5.41) is 0. The number of pyridine rings is 1. The first-order valence-corrected chi connectivity index (χ1v) is 7.86. The summed E-state index contributed by atoms with van der Waals surface area (Å²) in [6, 6.07) is 15.8. The Morgan fingerprint density at radius 3 is 2.52 bits per heavy atom. The predicted molar refractivity (Wildman–Crippen MR) is 82.3 cm³/mol. The van der Waals surface area contributed by atoms with Crippen molar-refractivity contribution in [1.82, 2.24) is 0 Å². The lowest BCUT2D eigenvalue weighted by atomic mass is 9.59. The van der Waals surface area contributed by atoms with E-state index < -0.39 is 0 Å². The van der Waals surface area contributed by atoms with Gasteiger partial charge in [-0.05, 0) is 12.5 Å². The van der Waals surface area contributed by atoms with Gasteiger partial charge in [-0.25, -0.2) is 0 Å². The lowest BCUT2D eigenvalue weighted by Crippen LogP contribution is -2.65. The van der Waals surface area contributed by atoms with Gasteiger partial charge >= 0.3 is 0 Å². The molecule has 5 rings (SSSR count). The molecule has 2 nitrogen and oxygen atoms in total. The number of rotatable bonds is 2. The third-order valence-corrected chi connectivity index (χ3v) is 5.23. The van der Waals surface area contributed by atoms with Crippen LogP contribution in [0.25, 0.3) is 0 Å². The third kappa shape index (κ3) is 1.60. The first-order chi connectivity index (χ1) is 10.2. The molecule has 1 aliphatic carbocycles. The number of benzene rings is 1. The van der Waals surface area contributed by atoms with Gasteiger partial charge in [0.15, 0.2) is 17.9 Å². The molecule has 1 aromatic heterocycles. The maximum Gasteiger partial charge on any atom is 0.192 e. The SMILES string of the molecule is CCOC1C2c3ccccc3C([n+]3ccccc32)C1(C)C. The highest BCUT2D eigenvalue weighted by atomic mass is 16.5. The molecule has 0 saturated carbocycles. The van der Waals surface area contributed by atoms with Crippen LogP contribution in [-0.2, 0) is 4.74 Å². The van der Waals surface area contributed by atoms with Gasteiger partial charge in [-0.1, -0.05) is 44.2 Å². The van der Waals surface area contributed by atoms with Gasteiger partial charge < -0.3 is 4.74 Å². The second-order valence-electron chi connectivity index (χ2n) is 6.74. The highest BCUT2D eigenvalue weighted by Gasteiger charge is 2.60. The van der Waals surface area contributed by atoms with Crippen LogP contribution >= 0.6 is 0 Å². The van der Waals surface area contributed by atoms with E-state index in [0.717, 1.165) is 6.61 Å². The smallest absolute Gasteiger partial charge is 0.192 e. The number of nitrogens with zero attached hydrogens (tertiary/aromatic N) is 1. The summed E-state index contributed by atoms with van der Waals surface area (Å²) in [6.45, 7) is 7.57. The zero-order valence-corrected chi connectivity index (χ0v) is 12.9. The maximum absolute atomic E-state index is 6.23. The maximum atomic E-state index is 6.23. The molecule has 2 heteroatoms. The molecule has 108 valence electrons. The van der Waals surface area contributed by atoms with Gasteiger partial charge in [0.25, 0.3) is 0 Å². The Morgan fingerprint density at radius 2 is 1.76 bits per heavy atom. The molecule has 3 unspecified atom stereocenters. The van der Waals surface area contributed by atoms with Crippen molar-refractivity contribution in [3.63, 3.8) is 0 Å². The molecule has 2 aliphatic heterocycles. The van der Waals surface area contributed by atoms with Gasteiger partial charge in [0, 0.05) is 24.3 Å². The normalized spacial score (nSPS) is 28.0. The molecular weight excluding hydrogens is 258 g/mol. The first kappa shape index (κ1) is 13.0. The monoisotopic (exact) mass is 280 g/mol. The molecule has 1 aromatic carbocycles. The van der Waals surface area contributed by atoms with Gasteiger partial charge in [-0.15, -0.1) is 0 Å². The number of fused-ring (bicyclic) bond motifs is 1. The second kappa shape index (κ2) is 4.41. The Kier molecular flexibility index (Phi) is 2.74. The molecule has 2 aromatic rings. The fourth-order valence-corrected chi connectivity index (χ4v) is 4.47. The summed E-state index contributed by atoms with van der Waals surface area (Å²) in [5.41, 5.74) is 4.39. The number of ether oxygens (including phenoxy) is 1. The van der Waals surface area contributed by atoms with Gasteiger partial charge in [-0.3, -0.25) is 0 Å². The van der Waals surface area contributed by atoms with Gasteiger partial charge in [0.05, 0.1) is 17.4 Å². The molecule has 0 spiro atoms. The van der Waals surface area contributed by atoms with Crippen LogP contribution in [0.15, 0.2) is 48.7 Å². The summed E-state index contributed by atoms with van der Waals surface area (Å²) >= 11 is 0. The minimum atomic E-state index is 0.0913. The summed E-state index contributed by atoms with van der Waals surface area (Å²) in [7, 11) is 0. The molecule has 3 atom stereocenters. The van der Waals surface area contributed by atoms with Gasteiger partial charge in [0.2, 0.25) is 0 Å². The summed E-state index contributed by atoms with van der Waals surface area (Å²) in [4.78, 5) is 0. The highest BCUT2D eigenvalue weighted by molar-refractivity contribution is 5.44. The predicted octanol–water partition coefficient (Wildman–Crippen LogP) is 3.45. The summed E-state index contributed by atoms with van der Waals surface area (Å²) in [5.74, 6) is 0.336. The average Bonchev–Trinajstić information content (AvgIpc) is 2.49. The van der Waals surface area contributed by atoms with E-state index in [4.69, 9.17) is 4.74 Å². The molecule has 0 saturated heterocycles. The Balaban J connectivity index is 2.02.